The van der Waals surface area contributed by atoms with E-state index in [1.807, 2.05) is 6.20 Å². The van der Waals surface area contributed by atoms with Crippen molar-refractivity contribution in [2.75, 3.05) is 52.6 Å². The minimum Gasteiger partial charge on any atom is -0.384 e. The molecule has 0 spiro atoms. The van der Waals surface area contributed by atoms with Gasteiger partial charge in [-0.3, -0.25) is 4.68 Å². The van der Waals surface area contributed by atoms with Crippen LogP contribution in [-0.2, 0) is 0 Å². The maximum Gasteiger partial charge on any atom is 0.0761 e. The van der Waals surface area contributed by atoms with Crippen LogP contribution >= 0.6 is 0 Å². The summed E-state index contributed by atoms with van der Waals surface area (Å²) < 4.78 is 2.14. The molecule has 1 aromatic carbocycles. The molecular weight excluding hydrogens is 360 g/mol. The minimum atomic E-state index is 0.490. The molecule has 29 heavy (non-hydrogen) atoms. The fourth-order valence-corrected chi connectivity index (χ4v) is 4.02. The van der Waals surface area contributed by atoms with E-state index in [0.717, 1.165) is 67.9 Å². The smallest absolute Gasteiger partial charge is 0.0761 e. The van der Waals surface area contributed by atoms with Crippen molar-refractivity contribution in [3.63, 3.8) is 0 Å². The number of fused-ring (bicyclic) bond motifs is 1. The monoisotopic (exact) mass is 392 g/mol. The molecule has 1 N–H and O–H groups in total. The average molecular weight is 393 g/mol. The summed E-state index contributed by atoms with van der Waals surface area (Å²) in [7, 11) is 6.42. The van der Waals surface area contributed by atoms with Gasteiger partial charge in [0.2, 0.25) is 0 Å². The van der Waals surface area contributed by atoms with Gasteiger partial charge in [-0.05, 0) is 72.2 Å². The molecule has 0 atom stereocenters. The van der Waals surface area contributed by atoms with Crippen molar-refractivity contribution in [2.45, 2.75) is 25.3 Å². The average Bonchev–Trinajstić information content (AvgIpc) is 3.21. The zero-order valence-electron chi connectivity index (χ0n) is 17.8. The Bertz CT molecular complexity index is 939. The van der Waals surface area contributed by atoms with Gasteiger partial charge in [0.05, 0.1) is 23.4 Å². The van der Waals surface area contributed by atoms with Crippen molar-refractivity contribution in [3.8, 4) is 11.3 Å². The van der Waals surface area contributed by atoms with E-state index in [1.165, 1.54) is 5.39 Å². The topological polar surface area (TPSA) is 49.2 Å². The first kappa shape index (κ1) is 19.9. The number of nitrogens with one attached hydrogen (secondary N) is 1. The highest BCUT2D eigenvalue weighted by Gasteiger charge is 2.19. The lowest BCUT2D eigenvalue weighted by Crippen LogP contribution is -2.31. The quantitative estimate of drug-likeness (QED) is 0.621. The number of aromatic nitrogens is 3. The summed E-state index contributed by atoms with van der Waals surface area (Å²) in [5.74, 6) is 0. The number of nitrogens with zero attached hydrogens (tertiary/aromatic N) is 5. The zero-order valence-corrected chi connectivity index (χ0v) is 17.8. The standard InChI is InChI=1S/C23H32N6/c1-27(2)12-6-11-24-23-15-22(26-21-8-5-4-7-20(21)23)18-16-25-29(17-18)19-9-13-28(3)14-10-19/h4-5,7-8,15-17,19H,6,9-14H2,1-3H3,(H,24,26). The van der Waals surface area contributed by atoms with E-state index in [0.29, 0.717) is 6.04 Å². The molecular formula is C23H32N6. The van der Waals surface area contributed by atoms with Crippen LogP contribution in [0, 0.1) is 0 Å². The van der Waals surface area contributed by atoms with Gasteiger partial charge in [-0.25, -0.2) is 4.98 Å². The molecule has 4 rings (SSSR count). The number of para-hydroxylation sites is 1. The van der Waals surface area contributed by atoms with Gasteiger partial charge in [0.1, 0.15) is 0 Å². The van der Waals surface area contributed by atoms with Crippen LogP contribution in [0.2, 0.25) is 0 Å². The Morgan fingerprint density at radius 2 is 1.97 bits per heavy atom. The van der Waals surface area contributed by atoms with Crippen molar-refractivity contribution >= 4 is 16.6 Å². The highest BCUT2D eigenvalue weighted by Crippen LogP contribution is 2.29. The van der Waals surface area contributed by atoms with Crippen molar-refractivity contribution in [1.82, 2.24) is 24.6 Å². The molecule has 154 valence electrons. The maximum atomic E-state index is 4.92. The number of rotatable bonds is 7. The second-order valence-electron chi connectivity index (χ2n) is 8.40. The van der Waals surface area contributed by atoms with Crippen LogP contribution in [-0.4, -0.2) is 71.9 Å². The first-order valence-electron chi connectivity index (χ1n) is 10.6. The molecule has 0 aliphatic carbocycles. The Hall–Kier alpha value is -2.44. The Morgan fingerprint density at radius 3 is 2.76 bits per heavy atom. The molecule has 6 heteroatoms. The van der Waals surface area contributed by atoms with Gasteiger partial charge in [-0.1, -0.05) is 18.2 Å². The number of anilines is 1. The summed E-state index contributed by atoms with van der Waals surface area (Å²) in [6, 6.07) is 11.0. The van der Waals surface area contributed by atoms with Gasteiger partial charge >= 0.3 is 0 Å². The second-order valence-corrected chi connectivity index (χ2v) is 8.40. The summed E-state index contributed by atoms with van der Waals surface area (Å²) in [6.07, 6.45) is 7.55. The van der Waals surface area contributed by atoms with Crippen LogP contribution in [0.5, 0.6) is 0 Å². The van der Waals surface area contributed by atoms with Crippen LogP contribution in [0.4, 0.5) is 5.69 Å². The molecule has 1 aliphatic heterocycles. The van der Waals surface area contributed by atoms with E-state index >= 15 is 0 Å². The number of hydrogen-bond acceptors (Lipinski definition) is 5. The molecule has 0 bridgehead atoms. The van der Waals surface area contributed by atoms with E-state index in [2.05, 4.69) is 82.6 Å². The Kier molecular flexibility index (Phi) is 6.11. The summed E-state index contributed by atoms with van der Waals surface area (Å²) in [4.78, 5) is 9.53. The van der Waals surface area contributed by atoms with Crippen molar-refractivity contribution < 1.29 is 0 Å². The van der Waals surface area contributed by atoms with Gasteiger partial charge in [0.25, 0.3) is 0 Å². The van der Waals surface area contributed by atoms with Gasteiger partial charge in [0.15, 0.2) is 0 Å². The molecule has 1 fully saturated rings. The summed E-state index contributed by atoms with van der Waals surface area (Å²) >= 11 is 0. The molecule has 2 aromatic heterocycles. The Labute approximate surface area is 173 Å². The van der Waals surface area contributed by atoms with Crippen LogP contribution in [0.1, 0.15) is 25.3 Å². The van der Waals surface area contributed by atoms with Gasteiger partial charge in [0, 0.05) is 29.4 Å². The number of piperidine rings is 1. The maximum absolute atomic E-state index is 4.92. The first-order chi connectivity index (χ1) is 14.1. The fraction of sp³-hybridized carbons (Fsp3) is 0.478. The zero-order chi connectivity index (χ0) is 20.2. The molecule has 0 saturated carbocycles. The lowest BCUT2D eigenvalue weighted by molar-refractivity contribution is 0.212. The Morgan fingerprint density at radius 1 is 1.17 bits per heavy atom. The third-order valence-corrected chi connectivity index (χ3v) is 5.77. The van der Waals surface area contributed by atoms with Crippen molar-refractivity contribution in [1.29, 1.82) is 0 Å². The van der Waals surface area contributed by atoms with E-state index in [9.17, 15) is 0 Å². The highest BCUT2D eigenvalue weighted by molar-refractivity contribution is 5.93. The van der Waals surface area contributed by atoms with E-state index < -0.39 is 0 Å². The Balaban J connectivity index is 1.57. The molecule has 0 radical (unpaired) electrons. The minimum absolute atomic E-state index is 0.490. The van der Waals surface area contributed by atoms with Gasteiger partial charge in [-0.15, -0.1) is 0 Å². The van der Waals surface area contributed by atoms with E-state index in [4.69, 9.17) is 4.98 Å². The lowest BCUT2D eigenvalue weighted by Gasteiger charge is -2.28. The number of hydrogen-bond donors (Lipinski definition) is 1. The molecule has 0 amide bonds. The predicted octanol–water partition coefficient (Wildman–Crippen LogP) is 3.73. The highest BCUT2D eigenvalue weighted by atomic mass is 15.3. The summed E-state index contributed by atoms with van der Waals surface area (Å²) in [5, 5.41) is 9.48. The van der Waals surface area contributed by atoms with Crippen LogP contribution in [0.25, 0.3) is 22.2 Å². The number of benzene rings is 1. The SMILES string of the molecule is CN(C)CCCNc1cc(-c2cnn(C3CCN(C)CC3)c2)nc2ccccc12. The van der Waals surface area contributed by atoms with Crippen molar-refractivity contribution in [2.24, 2.45) is 0 Å². The van der Waals surface area contributed by atoms with Gasteiger partial charge in [-0.2, -0.15) is 5.10 Å². The molecule has 6 nitrogen and oxygen atoms in total. The predicted molar refractivity (Wildman–Crippen MR) is 120 cm³/mol. The van der Waals surface area contributed by atoms with E-state index in [1.54, 1.807) is 0 Å². The third-order valence-electron chi connectivity index (χ3n) is 5.77. The molecule has 1 saturated heterocycles. The lowest BCUT2D eigenvalue weighted by atomic mass is 10.1. The van der Waals surface area contributed by atoms with Crippen molar-refractivity contribution in [3.05, 3.63) is 42.7 Å². The second kappa shape index (κ2) is 8.93. The third kappa shape index (κ3) is 4.77. The molecule has 1 aliphatic rings. The number of pyridine rings is 1. The van der Waals surface area contributed by atoms with Crippen LogP contribution in [0.3, 0.4) is 0 Å². The van der Waals surface area contributed by atoms with Gasteiger partial charge < -0.3 is 15.1 Å². The molecule has 0 unspecified atom stereocenters. The first-order valence-corrected chi connectivity index (χ1v) is 10.6. The normalized spacial score (nSPS) is 16.0. The molecule has 3 aromatic rings. The van der Waals surface area contributed by atoms with E-state index in [-0.39, 0.29) is 0 Å². The summed E-state index contributed by atoms with van der Waals surface area (Å²) in [5.41, 5.74) is 4.24. The number of likely N-dealkylation sites (tertiary alicyclic amines) is 1. The molecule has 3 heterocycles. The fourth-order valence-electron chi connectivity index (χ4n) is 4.02. The largest absolute Gasteiger partial charge is 0.384 e. The van der Waals surface area contributed by atoms with Crippen LogP contribution < -0.4 is 5.32 Å². The van der Waals surface area contributed by atoms with Crippen LogP contribution in [0.15, 0.2) is 42.7 Å². The summed E-state index contributed by atoms with van der Waals surface area (Å²) in [6.45, 7) is 4.29.